The number of nitrogens with zero attached hydrogens (tertiary/aromatic N) is 4. The summed E-state index contributed by atoms with van der Waals surface area (Å²) in [5, 5.41) is 9.51. The number of hydrogen-bond acceptors (Lipinski definition) is 6. The molecule has 0 radical (unpaired) electrons. The van der Waals surface area contributed by atoms with Crippen LogP contribution in [0.25, 0.3) is 16.3 Å². The Hall–Kier alpha value is -3.42. The Bertz CT molecular complexity index is 1480. The van der Waals surface area contributed by atoms with Crippen LogP contribution < -0.4 is 5.43 Å². The number of aromatic nitrogens is 2. The molecule has 0 saturated carbocycles. The lowest BCUT2D eigenvalue weighted by atomic mass is 10.2. The van der Waals surface area contributed by atoms with E-state index in [0.717, 1.165) is 28.1 Å². The van der Waals surface area contributed by atoms with E-state index in [4.69, 9.17) is 0 Å². The summed E-state index contributed by atoms with van der Waals surface area (Å²) in [6.07, 6.45) is -1.46. The Kier molecular flexibility index (Phi) is 7.62. The SMILES string of the molecule is CSC(=NS(=O)(=O)c1ccc(-n2nc(C(F)(F)F)cc2-c2cccs2)cc1)N/N=C\c1ccccc1. The summed E-state index contributed by atoms with van der Waals surface area (Å²) in [6.45, 7) is 0. The van der Waals surface area contributed by atoms with Crippen molar-refractivity contribution in [3.8, 4) is 16.3 Å². The minimum Gasteiger partial charge on any atom is -0.255 e. The average molecular weight is 550 g/mol. The van der Waals surface area contributed by atoms with Gasteiger partial charge in [0.05, 0.1) is 27.4 Å². The molecule has 2 aromatic heterocycles. The zero-order valence-corrected chi connectivity index (χ0v) is 21.0. The van der Waals surface area contributed by atoms with Gasteiger partial charge in [-0.25, -0.2) is 4.68 Å². The van der Waals surface area contributed by atoms with Crippen LogP contribution in [0.1, 0.15) is 11.3 Å². The molecule has 0 atom stereocenters. The summed E-state index contributed by atoms with van der Waals surface area (Å²) in [7, 11) is -4.11. The molecule has 0 fully saturated rings. The third kappa shape index (κ3) is 6.04. The predicted octanol–water partition coefficient (Wildman–Crippen LogP) is 5.65. The number of hydrazone groups is 1. The summed E-state index contributed by atoms with van der Waals surface area (Å²) >= 11 is 2.33. The number of benzene rings is 2. The van der Waals surface area contributed by atoms with E-state index in [9.17, 15) is 21.6 Å². The van der Waals surface area contributed by atoms with Crippen LogP contribution in [0.3, 0.4) is 0 Å². The monoisotopic (exact) mass is 549 g/mol. The van der Waals surface area contributed by atoms with Crippen molar-refractivity contribution in [1.82, 2.24) is 15.2 Å². The number of hydrogen-bond donors (Lipinski definition) is 1. The van der Waals surface area contributed by atoms with E-state index in [2.05, 4.69) is 20.0 Å². The normalized spacial score (nSPS) is 12.8. The number of thiophene rings is 1. The van der Waals surface area contributed by atoms with Crippen LogP contribution in [0.5, 0.6) is 0 Å². The summed E-state index contributed by atoms with van der Waals surface area (Å²) in [6, 6.07) is 18.9. The van der Waals surface area contributed by atoms with Crippen molar-refractivity contribution in [2.75, 3.05) is 6.26 Å². The van der Waals surface area contributed by atoms with Crippen LogP contribution in [-0.4, -0.2) is 35.8 Å². The molecular formula is C23H18F3N5O2S3. The number of thioether (sulfide) groups is 1. The molecule has 2 heterocycles. The fraction of sp³-hybridized carbons (Fsp3) is 0.0870. The van der Waals surface area contributed by atoms with E-state index in [-0.39, 0.29) is 21.4 Å². The summed E-state index contributed by atoms with van der Waals surface area (Å²) in [5.41, 5.74) is 2.90. The molecule has 4 rings (SSSR count). The molecule has 4 aromatic rings. The van der Waals surface area contributed by atoms with Gasteiger partial charge in [-0.3, -0.25) is 5.43 Å². The van der Waals surface area contributed by atoms with Crippen LogP contribution in [0.2, 0.25) is 0 Å². The maximum absolute atomic E-state index is 13.3. The molecule has 36 heavy (non-hydrogen) atoms. The highest BCUT2D eigenvalue weighted by atomic mass is 32.2. The molecule has 186 valence electrons. The van der Waals surface area contributed by atoms with E-state index in [0.29, 0.717) is 4.88 Å². The Balaban J connectivity index is 1.59. The fourth-order valence-corrected chi connectivity index (χ4v) is 5.35. The molecule has 0 unspecified atom stereocenters. The number of amidine groups is 1. The molecule has 0 amide bonds. The van der Waals surface area contributed by atoms with Crippen molar-refractivity contribution in [3.05, 3.63) is 89.4 Å². The number of nitrogens with one attached hydrogen (secondary N) is 1. The van der Waals surface area contributed by atoms with Gasteiger partial charge in [-0.05, 0) is 53.6 Å². The van der Waals surface area contributed by atoms with Gasteiger partial charge in [0.1, 0.15) is 0 Å². The molecule has 0 bridgehead atoms. The Morgan fingerprint density at radius 3 is 2.42 bits per heavy atom. The standard InChI is InChI=1S/C23H18F3N5O2S3/c1-34-22(28-27-15-16-6-3-2-4-7-16)30-36(32,33)18-11-9-17(10-12-18)31-19(20-8-5-13-35-20)14-21(29-31)23(24,25)26/h2-15H,1H3,(H,28,30)/b27-15-. The lowest BCUT2D eigenvalue weighted by Crippen LogP contribution is -2.16. The summed E-state index contributed by atoms with van der Waals surface area (Å²) < 4.78 is 70.5. The zero-order valence-electron chi connectivity index (χ0n) is 18.5. The van der Waals surface area contributed by atoms with E-state index < -0.39 is 21.9 Å². The molecule has 1 N–H and O–H groups in total. The molecule has 13 heteroatoms. The molecule has 0 spiro atoms. The first-order valence-electron chi connectivity index (χ1n) is 10.2. The Morgan fingerprint density at radius 1 is 1.08 bits per heavy atom. The van der Waals surface area contributed by atoms with Gasteiger partial charge in [0.25, 0.3) is 10.0 Å². The minimum absolute atomic E-state index is 0.0492. The van der Waals surface area contributed by atoms with Gasteiger partial charge >= 0.3 is 6.18 Å². The third-order valence-electron chi connectivity index (χ3n) is 4.72. The Labute approximate surface area is 213 Å². The van der Waals surface area contributed by atoms with Gasteiger partial charge < -0.3 is 0 Å². The van der Waals surface area contributed by atoms with E-state index in [1.54, 1.807) is 23.8 Å². The highest BCUT2D eigenvalue weighted by Gasteiger charge is 2.35. The molecular weight excluding hydrogens is 531 g/mol. The van der Waals surface area contributed by atoms with Gasteiger partial charge in [0.15, 0.2) is 10.9 Å². The molecule has 0 aliphatic rings. The van der Waals surface area contributed by atoms with Crippen molar-refractivity contribution in [3.63, 3.8) is 0 Å². The number of rotatable bonds is 6. The lowest BCUT2D eigenvalue weighted by Gasteiger charge is -2.08. The van der Waals surface area contributed by atoms with Crippen molar-refractivity contribution >= 4 is 44.5 Å². The van der Waals surface area contributed by atoms with Crippen molar-refractivity contribution in [1.29, 1.82) is 0 Å². The van der Waals surface area contributed by atoms with Crippen LogP contribution in [0.4, 0.5) is 13.2 Å². The third-order valence-corrected chi connectivity index (χ3v) is 7.59. The second-order valence-electron chi connectivity index (χ2n) is 7.15. The highest BCUT2D eigenvalue weighted by Crippen LogP contribution is 2.34. The highest BCUT2D eigenvalue weighted by molar-refractivity contribution is 8.13. The maximum atomic E-state index is 13.3. The number of sulfonamides is 1. The second-order valence-corrected chi connectivity index (χ2v) is 10.5. The largest absolute Gasteiger partial charge is 0.435 e. The first-order chi connectivity index (χ1) is 17.2. The van der Waals surface area contributed by atoms with Gasteiger partial charge in [-0.15, -0.1) is 15.7 Å². The van der Waals surface area contributed by atoms with Crippen LogP contribution >= 0.6 is 23.1 Å². The summed E-state index contributed by atoms with van der Waals surface area (Å²) in [5.74, 6) is 0. The lowest BCUT2D eigenvalue weighted by molar-refractivity contribution is -0.141. The fourth-order valence-electron chi connectivity index (χ4n) is 3.04. The van der Waals surface area contributed by atoms with Crippen LogP contribution in [0.15, 0.2) is 92.6 Å². The van der Waals surface area contributed by atoms with Crippen molar-refractivity contribution in [2.45, 2.75) is 11.1 Å². The summed E-state index contributed by atoms with van der Waals surface area (Å²) in [4.78, 5) is 0.457. The Morgan fingerprint density at radius 2 is 1.81 bits per heavy atom. The van der Waals surface area contributed by atoms with Crippen molar-refractivity contribution in [2.24, 2.45) is 9.50 Å². The topological polar surface area (TPSA) is 88.7 Å². The molecule has 7 nitrogen and oxygen atoms in total. The van der Waals surface area contributed by atoms with Gasteiger partial charge in [0.2, 0.25) is 0 Å². The van der Waals surface area contributed by atoms with E-state index in [1.807, 2.05) is 30.3 Å². The average Bonchev–Trinajstić information content (AvgIpc) is 3.54. The first-order valence-corrected chi connectivity index (χ1v) is 13.8. The van der Waals surface area contributed by atoms with Crippen LogP contribution in [-0.2, 0) is 16.2 Å². The van der Waals surface area contributed by atoms with Gasteiger partial charge in [0, 0.05) is 0 Å². The number of alkyl halides is 3. The van der Waals surface area contributed by atoms with Crippen molar-refractivity contribution < 1.29 is 21.6 Å². The smallest absolute Gasteiger partial charge is 0.255 e. The second kappa shape index (κ2) is 10.7. The quantitative estimate of drug-likeness (QED) is 0.191. The molecule has 0 aliphatic carbocycles. The zero-order chi connectivity index (χ0) is 25.8. The van der Waals surface area contributed by atoms with E-state index in [1.165, 1.54) is 41.8 Å². The maximum Gasteiger partial charge on any atom is 0.435 e. The number of halogens is 3. The molecule has 2 aromatic carbocycles. The molecule has 0 aliphatic heterocycles. The first kappa shape index (κ1) is 25.7. The molecule has 0 saturated heterocycles. The van der Waals surface area contributed by atoms with E-state index >= 15 is 0 Å². The predicted molar refractivity (Wildman–Crippen MR) is 137 cm³/mol. The van der Waals surface area contributed by atoms with Gasteiger partial charge in [-0.1, -0.05) is 48.2 Å². The van der Waals surface area contributed by atoms with Crippen LogP contribution in [0, 0.1) is 0 Å². The minimum atomic E-state index is -4.63. The van der Waals surface area contributed by atoms with Gasteiger partial charge in [-0.2, -0.15) is 31.8 Å².